The first-order chi connectivity index (χ1) is 15.2. The molecule has 1 fully saturated rings. The van der Waals surface area contributed by atoms with Crippen molar-refractivity contribution in [1.29, 1.82) is 0 Å². The lowest BCUT2D eigenvalue weighted by Crippen LogP contribution is -2.46. The molecule has 170 valence electrons. The second kappa shape index (κ2) is 9.88. The Hall–Kier alpha value is -3.30. The molecule has 1 unspecified atom stereocenters. The topological polar surface area (TPSA) is 92.7 Å². The predicted molar refractivity (Wildman–Crippen MR) is 113 cm³/mol. The van der Waals surface area contributed by atoms with Crippen molar-refractivity contribution in [2.75, 3.05) is 0 Å². The highest BCUT2D eigenvalue weighted by atomic mass is 19.4. The number of aromatic nitrogens is 1. The Morgan fingerprint density at radius 1 is 1.25 bits per heavy atom. The summed E-state index contributed by atoms with van der Waals surface area (Å²) in [6.07, 6.45) is -0.675. The van der Waals surface area contributed by atoms with Crippen molar-refractivity contribution in [1.82, 2.24) is 10.3 Å². The number of amides is 1. The number of pyridine rings is 1. The van der Waals surface area contributed by atoms with Crippen LogP contribution in [0.1, 0.15) is 49.3 Å². The number of hydrazone groups is 1. The first kappa shape index (κ1) is 23.4. The van der Waals surface area contributed by atoms with E-state index in [-0.39, 0.29) is 23.9 Å². The molecule has 0 radical (unpaired) electrons. The van der Waals surface area contributed by atoms with E-state index in [9.17, 15) is 22.4 Å². The van der Waals surface area contributed by atoms with E-state index in [4.69, 9.17) is 5.84 Å². The summed E-state index contributed by atoms with van der Waals surface area (Å²) in [4.78, 5) is 20.5. The summed E-state index contributed by atoms with van der Waals surface area (Å²) in [5.74, 6) is 4.82. The molecule has 3 rings (SSSR count). The number of nitrogens with zero attached hydrogens (tertiary/aromatic N) is 3. The molecule has 0 spiro atoms. The number of carbonyl (C=O) groups is 1. The van der Waals surface area contributed by atoms with Crippen LogP contribution in [0.3, 0.4) is 0 Å². The number of hydrogen-bond donors (Lipinski definition) is 2. The fourth-order valence-corrected chi connectivity index (χ4v) is 3.58. The lowest BCUT2D eigenvalue weighted by molar-refractivity contribution is -0.137. The number of carbonyl (C=O) groups excluding carboxylic acids is 1. The first-order valence-electron chi connectivity index (χ1n) is 10.2. The third kappa shape index (κ3) is 5.89. The number of halogens is 4. The summed E-state index contributed by atoms with van der Waals surface area (Å²) in [5, 5.41) is 6.70. The number of nitrogens with two attached hydrogens (primary N) is 1. The molecule has 10 heteroatoms. The van der Waals surface area contributed by atoms with Gasteiger partial charge in [-0.05, 0) is 67.1 Å². The van der Waals surface area contributed by atoms with Gasteiger partial charge in [-0.2, -0.15) is 18.3 Å². The Morgan fingerprint density at radius 2 is 2.03 bits per heavy atom. The van der Waals surface area contributed by atoms with Gasteiger partial charge in [0.2, 0.25) is 5.91 Å². The van der Waals surface area contributed by atoms with Crippen LogP contribution >= 0.6 is 0 Å². The molecule has 0 bridgehead atoms. The molecule has 0 saturated heterocycles. The summed E-state index contributed by atoms with van der Waals surface area (Å²) in [6.45, 7) is 1.75. The number of benzene rings is 1. The van der Waals surface area contributed by atoms with Crippen molar-refractivity contribution in [3.05, 3.63) is 59.0 Å². The van der Waals surface area contributed by atoms with Crippen LogP contribution in [0.15, 0.2) is 46.6 Å². The number of alkyl halides is 3. The van der Waals surface area contributed by atoms with E-state index in [1.807, 2.05) is 0 Å². The second-order valence-electron chi connectivity index (χ2n) is 7.48. The third-order valence-corrected chi connectivity index (χ3v) is 5.08. The van der Waals surface area contributed by atoms with Crippen LogP contribution in [0, 0.1) is 5.82 Å². The molecule has 1 aromatic carbocycles. The molecule has 3 N–H and O–H groups in total. The van der Waals surface area contributed by atoms with E-state index in [0.29, 0.717) is 48.1 Å². The predicted octanol–water partition coefficient (Wildman–Crippen LogP) is 4.30. The molecular weight excluding hydrogens is 426 g/mol. The van der Waals surface area contributed by atoms with Gasteiger partial charge in [0.25, 0.3) is 0 Å². The minimum atomic E-state index is -4.63. The Morgan fingerprint density at radius 3 is 2.72 bits per heavy atom. The number of nitrogens with one attached hydrogen (secondary N) is 1. The molecule has 6 nitrogen and oxygen atoms in total. The van der Waals surface area contributed by atoms with Crippen molar-refractivity contribution in [3.63, 3.8) is 0 Å². The SMILES string of the molecule is CCC(=O)NC1CCCC(=Nc2cc(Cc3cc(F)cc(C(F)(F)F)c3)ccn2)/C1=N\N. The number of hydrogen-bond acceptors (Lipinski definition) is 5. The van der Waals surface area contributed by atoms with E-state index in [1.54, 1.807) is 19.1 Å². The van der Waals surface area contributed by atoms with Gasteiger partial charge in [0.05, 0.1) is 17.3 Å². The fourth-order valence-electron chi connectivity index (χ4n) is 3.58. The van der Waals surface area contributed by atoms with Crippen molar-refractivity contribution in [3.8, 4) is 0 Å². The summed E-state index contributed by atoms with van der Waals surface area (Å²) >= 11 is 0. The standard InChI is InChI=1S/C22H23F4N5O/c1-2-20(32)30-18-5-3-4-17(21(18)31-27)29-19-11-13(6-7-28-19)8-14-9-15(22(24,25)26)12-16(23)10-14/h6-7,9-12,18H,2-5,8,27H2,1H3,(H,30,32)/b29-17?,31-21+. The van der Waals surface area contributed by atoms with Gasteiger partial charge in [-0.1, -0.05) is 6.92 Å². The third-order valence-electron chi connectivity index (χ3n) is 5.08. The maximum atomic E-state index is 13.7. The van der Waals surface area contributed by atoms with Gasteiger partial charge in [0.15, 0.2) is 5.82 Å². The normalized spacial score (nSPS) is 19.3. The molecule has 1 atom stereocenters. The zero-order chi connectivity index (χ0) is 23.3. The Kier molecular flexibility index (Phi) is 7.22. The van der Waals surface area contributed by atoms with Gasteiger partial charge < -0.3 is 11.2 Å². The highest BCUT2D eigenvalue weighted by molar-refractivity contribution is 6.45. The van der Waals surface area contributed by atoms with Crippen LogP contribution in [0.4, 0.5) is 23.4 Å². The molecule has 1 aromatic heterocycles. The van der Waals surface area contributed by atoms with E-state index < -0.39 is 17.6 Å². The number of rotatable bonds is 5. The van der Waals surface area contributed by atoms with E-state index in [0.717, 1.165) is 18.6 Å². The molecule has 1 saturated carbocycles. The molecular formula is C22H23F4N5O. The average molecular weight is 449 g/mol. The van der Waals surface area contributed by atoms with Gasteiger partial charge in [0, 0.05) is 12.6 Å². The van der Waals surface area contributed by atoms with Crippen molar-refractivity contribution >= 4 is 23.1 Å². The van der Waals surface area contributed by atoms with Crippen molar-refractivity contribution < 1.29 is 22.4 Å². The fraction of sp³-hybridized carbons (Fsp3) is 0.364. The number of aliphatic imine (C=N–C) groups is 1. The van der Waals surface area contributed by atoms with Gasteiger partial charge >= 0.3 is 6.18 Å². The largest absolute Gasteiger partial charge is 0.416 e. The van der Waals surface area contributed by atoms with Gasteiger partial charge in [0.1, 0.15) is 11.5 Å². The smallest absolute Gasteiger partial charge is 0.348 e. The Bertz CT molecular complexity index is 1050. The Labute approximate surface area is 182 Å². The molecule has 1 amide bonds. The van der Waals surface area contributed by atoms with Crippen molar-refractivity contribution in [2.45, 2.75) is 51.2 Å². The lowest BCUT2D eigenvalue weighted by Gasteiger charge is -2.25. The second-order valence-corrected chi connectivity index (χ2v) is 7.48. The molecule has 1 heterocycles. The Balaban J connectivity index is 1.84. The van der Waals surface area contributed by atoms with Crippen LogP contribution in [0.2, 0.25) is 0 Å². The molecule has 0 aliphatic heterocycles. The van der Waals surface area contributed by atoms with E-state index in [2.05, 4.69) is 20.4 Å². The van der Waals surface area contributed by atoms with Crippen molar-refractivity contribution in [2.24, 2.45) is 15.9 Å². The maximum absolute atomic E-state index is 13.7. The van der Waals surface area contributed by atoms with Gasteiger partial charge in [-0.15, -0.1) is 0 Å². The zero-order valence-corrected chi connectivity index (χ0v) is 17.4. The van der Waals surface area contributed by atoms with Crippen LogP contribution in [0.5, 0.6) is 0 Å². The monoisotopic (exact) mass is 449 g/mol. The molecule has 1 aliphatic rings. The highest BCUT2D eigenvalue weighted by Crippen LogP contribution is 2.31. The quantitative estimate of drug-likeness (QED) is 0.405. The molecule has 2 aromatic rings. The van der Waals surface area contributed by atoms with Gasteiger partial charge in [-0.3, -0.25) is 4.79 Å². The molecule has 32 heavy (non-hydrogen) atoms. The summed E-state index contributed by atoms with van der Waals surface area (Å²) in [5.41, 5.74) is 0.843. The highest BCUT2D eigenvalue weighted by Gasteiger charge is 2.31. The zero-order valence-electron chi connectivity index (χ0n) is 17.4. The first-order valence-corrected chi connectivity index (χ1v) is 10.2. The van der Waals surface area contributed by atoms with Crippen LogP contribution < -0.4 is 11.2 Å². The van der Waals surface area contributed by atoms with Gasteiger partial charge in [-0.25, -0.2) is 14.4 Å². The summed E-state index contributed by atoms with van der Waals surface area (Å²) in [6, 6.07) is 5.38. The average Bonchev–Trinajstić information content (AvgIpc) is 2.73. The van der Waals surface area contributed by atoms with Crippen LogP contribution in [-0.4, -0.2) is 28.4 Å². The molecule has 1 aliphatic carbocycles. The minimum absolute atomic E-state index is 0.0776. The summed E-state index contributed by atoms with van der Waals surface area (Å²) in [7, 11) is 0. The van der Waals surface area contributed by atoms with E-state index >= 15 is 0 Å². The van der Waals surface area contributed by atoms with Crippen LogP contribution in [-0.2, 0) is 17.4 Å². The maximum Gasteiger partial charge on any atom is 0.416 e. The minimum Gasteiger partial charge on any atom is -0.348 e. The summed E-state index contributed by atoms with van der Waals surface area (Å²) < 4.78 is 52.6. The lowest BCUT2D eigenvalue weighted by atomic mass is 9.91. The van der Waals surface area contributed by atoms with Crippen LogP contribution in [0.25, 0.3) is 0 Å². The van der Waals surface area contributed by atoms with E-state index in [1.165, 1.54) is 6.20 Å².